The molecule has 1 aromatic carbocycles. The molecule has 2 atom stereocenters. The summed E-state index contributed by atoms with van der Waals surface area (Å²) in [5, 5.41) is 2.77. The van der Waals surface area contributed by atoms with Crippen LogP contribution >= 0.6 is 11.3 Å². The quantitative estimate of drug-likeness (QED) is 0.252. The van der Waals surface area contributed by atoms with Crippen LogP contribution in [0.15, 0.2) is 47.4 Å². The molecule has 2 aliphatic rings. The number of hydrogen-bond acceptors (Lipinski definition) is 8. The van der Waals surface area contributed by atoms with E-state index in [1.807, 2.05) is 26.8 Å². The van der Waals surface area contributed by atoms with Crippen molar-refractivity contribution in [1.82, 2.24) is 14.9 Å². The van der Waals surface area contributed by atoms with Gasteiger partial charge in [-0.25, -0.2) is 15.6 Å². The number of para-hydroxylation sites is 1. The van der Waals surface area contributed by atoms with Gasteiger partial charge in [0.05, 0.1) is 22.3 Å². The van der Waals surface area contributed by atoms with Gasteiger partial charge in [0, 0.05) is 18.4 Å². The Balaban J connectivity index is 1.63. The molecule has 1 aliphatic carbocycles. The second-order valence-electron chi connectivity index (χ2n) is 10.6. The minimum absolute atomic E-state index is 0.00682. The van der Waals surface area contributed by atoms with E-state index in [2.05, 4.69) is 36.9 Å². The highest BCUT2D eigenvalue weighted by Crippen LogP contribution is 2.45. The summed E-state index contributed by atoms with van der Waals surface area (Å²) in [4.78, 5) is 19.9. The first-order valence-corrected chi connectivity index (χ1v) is 12.9. The number of ether oxygens (including phenoxy) is 1. The van der Waals surface area contributed by atoms with Crippen molar-refractivity contribution in [2.24, 2.45) is 17.5 Å². The monoisotopic (exact) mass is 483 g/mol. The van der Waals surface area contributed by atoms with Gasteiger partial charge in [0.15, 0.2) is 0 Å². The maximum Gasteiger partial charge on any atom is 0.356 e. The number of carbonyl (C=O) groups excluding carboxylic acids is 1. The first-order chi connectivity index (χ1) is 16.0. The van der Waals surface area contributed by atoms with Crippen molar-refractivity contribution >= 4 is 27.5 Å². The number of carbonyl (C=O) groups is 1. The van der Waals surface area contributed by atoms with Crippen LogP contribution in [-0.4, -0.2) is 39.0 Å². The van der Waals surface area contributed by atoms with Crippen LogP contribution in [0.1, 0.15) is 71.4 Å². The first kappa shape index (κ1) is 24.5. The Morgan fingerprint density at radius 2 is 2.00 bits per heavy atom. The molecule has 7 nitrogen and oxygen atoms in total. The van der Waals surface area contributed by atoms with Crippen LogP contribution in [0.2, 0.25) is 0 Å². The number of hydrogen-bond donors (Lipinski definition) is 2. The molecule has 1 saturated carbocycles. The summed E-state index contributed by atoms with van der Waals surface area (Å²) in [5.74, 6) is 6.26. The summed E-state index contributed by atoms with van der Waals surface area (Å²) in [7, 11) is 0. The molecule has 1 saturated heterocycles. The average molecular weight is 484 g/mol. The lowest BCUT2D eigenvalue weighted by molar-refractivity contribution is -0.150. The predicted molar refractivity (Wildman–Crippen MR) is 137 cm³/mol. The number of nitrogens with zero attached hydrogens (tertiary/aromatic N) is 3. The van der Waals surface area contributed by atoms with E-state index >= 15 is 0 Å². The molecule has 2 aromatic rings. The molecule has 2 fully saturated rings. The van der Waals surface area contributed by atoms with Crippen LogP contribution in [0.4, 0.5) is 0 Å². The fourth-order valence-corrected chi connectivity index (χ4v) is 5.79. The van der Waals surface area contributed by atoms with Crippen molar-refractivity contribution in [2.75, 3.05) is 6.54 Å². The van der Waals surface area contributed by atoms with Crippen molar-refractivity contribution in [1.29, 1.82) is 0 Å². The molecular formula is C26H37N5O2S. The number of fused-ring (bicyclic) bond motifs is 1. The highest BCUT2D eigenvalue weighted by Gasteiger charge is 2.39. The number of benzene rings is 1. The lowest BCUT2D eigenvalue weighted by atomic mass is 9.97. The van der Waals surface area contributed by atoms with Crippen LogP contribution in [0, 0.1) is 5.92 Å². The Bertz CT molecular complexity index is 1070. The molecule has 2 heterocycles. The number of rotatable bonds is 7. The minimum Gasteiger partial charge on any atom is -0.455 e. The van der Waals surface area contributed by atoms with Crippen LogP contribution in [0.3, 0.4) is 0 Å². The second kappa shape index (κ2) is 9.58. The summed E-state index contributed by atoms with van der Waals surface area (Å²) in [6, 6.07) is 8.46. The van der Waals surface area contributed by atoms with Gasteiger partial charge in [-0.05, 0) is 70.1 Å². The van der Waals surface area contributed by atoms with E-state index in [0.29, 0.717) is 0 Å². The highest BCUT2D eigenvalue weighted by atomic mass is 32.1. The molecule has 0 radical (unpaired) electrons. The van der Waals surface area contributed by atoms with Crippen molar-refractivity contribution in [2.45, 2.75) is 78.0 Å². The number of nitrogens with two attached hydrogens (primary N) is 2. The SMILES string of the molecule is CC(C)C(C(=C1CC1)N1CCCC1c1nc2ccccc2s1)N(N)/C=C(\N)C(=O)OC(C)(C)C. The zero-order valence-corrected chi connectivity index (χ0v) is 21.7. The van der Waals surface area contributed by atoms with E-state index in [9.17, 15) is 4.79 Å². The van der Waals surface area contributed by atoms with E-state index in [1.165, 1.54) is 22.2 Å². The van der Waals surface area contributed by atoms with Crippen LogP contribution in [-0.2, 0) is 9.53 Å². The van der Waals surface area contributed by atoms with Crippen molar-refractivity contribution in [3.8, 4) is 0 Å². The molecule has 0 bridgehead atoms. The maximum atomic E-state index is 12.5. The molecule has 1 aromatic heterocycles. The Labute approximate surface area is 206 Å². The molecule has 1 aliphatic heterocycles. The maximum absolute atomic E-state index is 12.5. The summed E-state index contributed by atoms with van der Waals surface area (Å²) in [6.07, 6.45) is 5.89. The largest absolute Gasteiger partial charge is 0.455 e. The van der Waals surface area contributed by atoms with Crippen LogP contribution < -0.4 is 11.6 Å². The number of hydrazine groups is 1. The van der Waals surface area contributed by atoms with E-state index in [0.717, 1.165) is 42.8 Å². The van der Waals surface area contributed by atoms with Gasteiger partial charge in [0.1, 0.15) is 16.3 Å². The number of likely N-dealkylation sites (tertiary alicyclic amines) is 1. The summed E-state index contributed by atoms with van der Waals surface area (Å²) < 4.78 is 6.64. The van der Waals surface area contributed by atoms with Gasteiger partial charge in [-0.3, -0.25) is 0 Å². The Morgan fingerprint density at radius 3 is 2.62 bits per heavy atom. The van der Waals surface area contributed by atoms with Gasteiger partial charge in [0.2, 0.25) is 0 Å². The third-order valence-corrected chi connectivity index (χ3v) is 7.31. The summed E-state index contributed by atoms with van der Waals surface area (Å²) in [6.45, 7) is 10.8. The molecule has 8 heteroatoms. The molecule has 184 valence electrons. The zero-order chi connectivity index (χ0) is 24.6. The molecular weight excluding hydrogens is 446 g/mol. The first-order valence-electron chi connectivity index (χ1n) is 12.1. The number of esters is 1. The van der Waals surface area contributed by atoms with Gasteiger partial charge in [-0.15, -0.1) is 11.3 Å². The van der Waals surface area contributed by atoms with Crippen molar-refractivity contribution < 1.29 is 9.53 Å². The second-order valence-corrected chi connectivity index (χ2v) is 11.6. The van der Waals surface area contributed by atoms with Gasteiger partial charge in [-0.1, -0.05) is 26.0 Å². The van der Waals surface area contributed by atoms with Gasteiger partial charge in [0.25, 0.3) is 0 Å². The standard InChI is InChI=1S/C26H37N5O2S/c1-16(2)22(31(28)15-18(27)25(32)33-26(3,4)5)23(17-12-13-17)30-14-8-10-20(30)24-29-19-9-6-7-11-21(19)34-24/h6-7,9,11,15-16,20,22H,8,10,12-14,27-28H2,1-5H3/b18-15-. The molecule has 0 amide bonds. The van der Waals surface area contributed by atoms with E-state index in [-0.39, 0.29) is 23.7 Å². The normalized spacial score (nSPS) is 19.6. The average Bonchev–Trinajstić information content (AvgIpc) is 3.30. The van der Waals surface area contributed by atoms with Crippen LogP contribution in [0.5, 0.6) is 0 Å². The summed E-state index contributed by atoms with van der Waals surface area (Å²) in [5.41, 5.74) is 9.25. The van der Waals surface area contributed by atoms with Crippen LogP contribution in [0.25, 0.3) is 10.2 Å². The van der Waals surface area contributed by atoms with E-state index in [4.69, 9.17) is 21.3 Å². The van der Waals surface area contributed by atoms with Gasteiger partial charge in [-0.2, -0.15) is 0 Å². The molecule has 0 spiro atoms. The molecule has 2 unspecified atom stereocenters. The molecule has 34 heavy (non-hydrogen) atoms. The van der Waals surface area contributed by atoms with E-state index < -0.39 is 11.6 Å². The van der Waals surface area contributed by atoms with Gasteiger partial charge < -0.3 is 20.4 Å². The number of aromatic nitrogens is 1. The lowest BCUT2D eigenvalue weighted by Crippen LogP contribution is -2.47. The van der Waals surface area contributed by atoms with Crippen molar-refractivity contribution in [3.63, 3.8) is 0 Å². The van der Waals surface area contributed by atoms with Gasteiger partial charge >= 0.3 is 5.97 Å². The molecule has 4 N–H and O–H groups in total. The zero-order valence-electron chi connectivity index (χ0n) is 20.9. The molecule has 4 rings (SSSR count). The number of allylic oxidation sites excluding steroid dienone is 1. The lowest BCUT2D eigenvalue weighted by Gasteiger charge is -2.39. The fourth-order valence-electron chi connectivity index (χ4n) is 4.68. The smallest absolute Gasteiger partial charge is 0.356 e. The third-order valence-electron chi connectivity index (χ3n) is 6.18. The van der Waals surface area contributed by atoms with Crippen molar-refractivity contribution in [3.05, 3.63) is 52.4 Å². The summed E-state index contributed by atoms with van der Waals surface area (Å²) >= 11 is 1.78. The topological polar surface area (TPSA) is 97.7 Å². The Morgan fingerprint density at radius 1 is 1.29 bits per heavy atom. The Hall–Kier alpha value is -2.58. The highest BCUT2D eigenvalue weighted by molar-refractivity contribution is 7.18. The minimum atomic E-state index is -0.617. The fraction of sp³-hybridized carbons (Fsp3) is 0.538. The Kier molecular flexibility index (Phi) is 6.92. The number of thiazole rings is 1. The third kappa shape index (κ3) is 5.39. The van der Waals surface area contributed by atoms with E-state index in [1.54, 1.807) is 16.3 Å². The predicted octanol–water partition coefficient (Wildman–Crippen LogP) is 4.82.